The molecular weight excluding hydrogens is 555 g/mol. The quantitative estimate of drug-likeness (QED) is 0.164. The van der Waals surface area contributed by atoms with Crippen molar-refractivity contribution in [2.24, 2.45) is 12.8 Å². The number of H-pyrrole nitrogens is 1. The van der Waals surface area contributed by atoms with Crippen molar-refractivity contribution < 1.29 is 27.6 Å². The van der Waals surface area contributed by atoms with Crippen LogP contribution in [0, 0.1) is 0 Å². The van der Waals surface area contributed by atoms with Crippen LogP contribution in [0.1, 0.15) is 30.1 Å². The van der Waals surface area contributed by atoms with Crippen molar-refractivity contribution in [3.63, 3.8) is 0 Å². The average Bonchev–Trinajstić information content (AvgIpc) is 3.22. The van der Waals surface area contributed by atoms with Gasteiger partial charge in [-0.05, 0) is 18.9 Å². The standard InChI is InChI=1S/C24H23ClF3N9O3/c1-30-20-18(31-3-4-32-20)15(8-29)40-16-9-33-21-19(17(16)25)36(2)23(35-21)34-14-5-11(24(26,27)28)10-37(22(14)39)12-6-13(38)7-12/h3-5,8-10,12-13,38H,6-7H2,1-2H3,(H4,29,30,31,32,33,34,35)/p+1. The van der Waals surface area contributed by atoms with Crippen LogP contribution in [0.25, 0.3) is 16.9 Å². The van der Waals surface area contributed by atoms with Crippen molar-refractivity contribution in [1.29, 1.82) is 0 Å². The minimum Gasteiger partial charge on any atom is -0.450 e. The second-order valence-electron chi connectivity index (χ2n) is 9.06. The molecule has 1 aliphatic rings. The van der Waals surface area contributed by atoms with Gasteiger partial charge < -0.3 is 25.5 Å². The lowest BCUT2D eigenvalue weighted by Gasteiger charge is -2.33. The maximum Gasteiger partial charge on any atom is 0.417 e. The Bertz CT molecular complexity index is 1680. The van der Waals surface area contributed by atoms with Crippen LogP contribution >= 0.6 is 11.6 Å². The number of pyridine rings is 2. The number of aryl methyl sites for hydroxylation is 1. The van der Waals surface area contributed by atoms with Gasteiger partial charge in [-0.2, -0.15) is 13.2 Å². The first-order chi connectivity index (χ1) is 19.0. The van der Waals surface area contributed by atoms with Crippen molar-refractivity contribution >= 4 is 46.0 Å². The lowest BCUT2D eigenvalue weighted by atomic mass is 9.89. The number of halogens is 4. The van der Waals surface area contributed by atoms with Crippen LogP contribution in [0.5, 0.6) is 5.75 Å². The van der Waals surface area contributed by atoms with Crippen molar-refractivity contribution in [2.75, 3.05) is 17.7 Å². The number of rotatable bonds is 7. The third-order valence-electron chi connectivity index (χ3n) is 6.51. The summed E-state index contributed by atoms with van der Waals surface area (Å²) in [5, 5.41) is 15.4. The molecule has 16 heteroatoms. The lowest BCUT2D eigenvalue weighted by Crippen LogP contribution is -2.38. The van der Waals surface area contributed by atoms with Gasteiger partial charge in [-0.15, -0.1) is 0 Å². The first-order valence-corrected chi connectivity index (χ1v) is 12.3. The number of hydrogen-bond donors (Lipinski definition) is 5. The SMILES string of the molecule is CNc1nccnc1/C(=C\N)Oc1cnc2[nH]c(Nc3cc(C(F)(F)F)cn(C4CC(O)C4)c3=O)[n+](C)c2c1Cl. The zero-order chi connectivity index (χ0) is 28.8. The first kappa shape index (κ1) is 27.2. The minimum absolute atomic E-state index is 0.107. The van der Waals surface area contributed by atoms with E-state index in [1.165, 1.54) is 29.4 Å². The maximum atomic E-state index is 13.7. The molecule has 5 rings (SSSR count). The van der Waals surface area contributed by atoms with E-state index in [9.17, 15) is 23.1 Å². The fraction of sp³-hybridized carbons (Fsp3) is 0.292. The Kier molecular flexibility index (Phi) is 7.01. The fourth-order valence-corrected chi connectivity index (χ4v) is 4.67. The van der Waals surface area contributed by atoms with Gasteiger partial charge in [0.15, 0.2) is 28.5 Å². The molecule has 0 aromatic carbocycles. The molecule has 1 fully saturated rings. The summed E-state index contributed by atoms with van der Waals surface area (Å²) in [5.74, 6) is 0.803. The van der Waals surface area contributed by atoms with Gasteiger partial charge in [-0.25, -0.2) is 29.8 Å². The highest BCUT2D eigenvalue weighted by atomic mass is 35.5. The van der Waals surface area contributed by atoms with Crippen LogP contribution in [0.4, 0.5) is 30.6 Å². The highest BCUT2D eigenvalue weighted by molar-refractivity contribution is 6.36. The molecule has 12 nitrogen and oxygen atoms in total. The van der Waals surface area contributed by atoms with Gasteiger partial charge in [0.1, 0.15) is 10.7 Å². The van der Waals surface area contributed by atoms with E-state index < -0.39 is 29.4 Å². The number of anilines is 3. The summed E-state index contributed by atoms with van der Waals surface area (Å²) >= 11 is 6.66. The molecule has 0 amide bonds. The Morgan fingerprint density at radius 1 is 1.32 bits per heavy atom. The van der Waals surface area contributed by atoms with Crippen molar-refractivity contribution in [3.05, 3.63) is 63.7 Å². The number of aliphatic hydroxyl groups excluding tert-OH is 1. The van der Waals surface area contributed by atoms with Gasteiger partial charge in [0.25, 0.3) is 5.56 Å². The number of hydrogen-bond acceptors (Lipinski definition) is 9. The molecule has 0 radical (unpaired) electrons. The predicted molar refractivity (Wildman–Crippen MR) is 140 cm³/mol. The fourth-order valence-electron chi connectivity index (χ4n) is 4.37. The summed E-state index contributed by atoms with van der Waals surface area (Å²) in [6.07, 6.45) is 1.28. The third-order valence-corrected chi connectivity index (χ3v) is 6.88. The van der Waals surface area contributed by atoms with Crippen LogP contribution in [0.15, 0.2) is 41.8 Å². The smallest absolute Gasteiger partial charge is 0.417 e. The molecule has 0 spiro atoms. The van der Waals surface area contributed by atoms with Gasteiger partial charge >= 0.3 is 12.1 Å². The number of ether oxygens (including phenoxy) is 1. The van der Waals surface area contributed by atoms with Crippen LogP contribution in [0.3, 0.4) is 0 Å². The summed E-state index contributed by atoms with van der Waals surface area (Å²) < 4.78 is 49.4. The van der Waals surface area contributed by atoms with Crippen molar-refractivity contribution in [2.45, 2.75) is 31.2 Å². The number of nitrogens with two attached hydrogens (primary N) is 1. The first-order valence-electron chi connectivity index (χ1n) is 11.9. The predicted octanol–water partition coefficient (Wildman–Crippen LogP) is 2.83. The molecule has 0 aliphatic heterocycles. The van der Waals surface area contributed by atoms with Crippen molar-refractivity contribution in [3.8, 4) is 5.75 Å². The third kappa shape index (κ3) is 4.88. The zero-order valence-corrected chi connectivity index (χ0v) is 21.9. The van der Waals surface area contributed by atoms with Gasteiger partial charge in [-0.3, -0.25) is 4.79 Å². The van der Waals surface area contributed by atoms with E-state index in [0.29, 0.717) is 17.0 Å². The van der Waals surface area contributed by atoms with E-state index >= 15 is 0 Å². The number of aromatic amines is 1. The summed E-state index contributed by atoms with van der Waals surface area (Å²) in [6.45, 7) is 0. The van der Waals surface area contributed by atoms with E-state index in [1.54, 1.807) is 14.1 Å². The number of aliphatic hydroxyl groups is 1. The Hall–Kier alpha value is -4.37. The molecule has 4 aromatic rings. The van der Waals surface area contributed by atoms with E-state index in [2.05, 4.69) is 30.6 Å². The van der Waals surface area contributed by atoms with Gasteiger partial charge in [0.05, 0.1) is 24.9 Å². The Labute approximate surface area is 229 Å². The number of alkyl halides is 3. The van der Waals surface area contributed by atoms with Gasteiger partial charge in [0, 0.05) is 37.9 Å². The molecule has 1 saturated carbocycles. The summed E-state index contributed by atoms with van der Waals surface area (Å²) in [4.78, 5) is 28.8. The summed E-state index contributed by atoms with van der Waals surface area (Å²) in [7, 11) is 3.24. The molecular formula is C24H24ClF3N9O3+. The van der Waals surface area contributed by atoms with Crippen LogP contribution < -0.4 is 31.2 Å². The molecule has 0 bridgehead atoms. The second kappa shape index (κ2) is 10.3. The molecule has 40 heavy (non-hydrogen) atoms. The largest absolute Gasteiger partial charge is 0.450 e. The topological polar surface area (TPSA) is 160 Å². The number of fused-ring (bicyclic) bond motifs is 1. The lowest BCUT2D eigenvalue weighted by molar-refractivity contribution is -0.629. The van der Waals surface area contributed by atoms with E-state index in [-0.39, 0.29) is 46.7 Å². The molecule has 6 N–H and O–H groups in total. The maximum absolute atomic E-state index is 13.7. The molecule has 4 aromatic heterocycles. The molecule has 4 heterocycles. The highest BCUT2D eigenvalue weighted by Gasteiger charge is 2.36. The average molecular weight is 579 g/mol. The molecule has 0 saturated heterocycles. The molecule has 0 atom stereocenters. The Morgan fingerprint density at radius 3 is 2.70 bits per heavy atom. The Morgan fingerprint density at radius 2 is 2.05 bits per heavy atom. The van der Waals surface area contributed by atoms with E-state index in [0.717, 1.165) is 16.8 Å². The zero-order valence-electron chi connectivity index (χ0n) is 21.1. The van der Waals surface area contributed by atoms with Crippen LogP contribution in [0.2, 0.25) is 5.02 Å². The number of nitrogens with zero attached hydrogens (tertiary/aromatic N) is 5. The normalized spacial score (nSPS) is 17.5. The minimum atomic E-state index is -4.70. The van der Waals surface area contributed by atoms with E-state index in [1.807, 2.05) is 0 Å². The number of imidazole rings is 1. The monoisotopic (exact) mass is 578 g/mol. The number of aromatic nitrogens is 6. The molecule has 0 unspecified atom stereocenters. The number of nitrogens with one attached hydrogen (secondary N) is 3. The molecule has 1 aliphatic carbocycles. The highest BCUT2D eigenvalue weighted by Crippen LogP contribution is 2.36. The summed E-state index contributed by atoms with van der Waals surface area (Å²) in [6, 6.07) is 0.196. The van der Waals surface area contributed by atoms with Crippen LogP contribution in [-0.2, 0) is 13.2 Å². The van der Waals surface area contributed by atoms with Crippen LogP contribution in [-0.4, -0.2) is 42.8 Å². The Balaban J connectivity index is 1.52. The van der Waals surface area contributed by atoms with Gasteiger partial charge in [0.2, 0.25) is 5.65 Å². The second-order valence-corrected chi connectivity index (χ2v) is 9.44. The van der Waals surface area contributed by atoms with Crippen molar-refractivity contribution in [1.82, 2.24) is 24.5 Å². The summed E-state index contributed by atoms with van der Waals surface area (Å²) in [5.41, 5.74) is 4.71. The van der Waals surface area contributed by atoms with Gasteiger partial charge in [-0.1, -0.05) is 11.6 Å². The van der Waals surface area contributed by atoms with E-state index in [4.69, 9.17) is 22.1 Å². The molecule has 210 valence electrons.